The number of nitrogens with zero attached hydrogens (tertiary/aromatic N) is 4. The fourth-order valence-electron chi connectivity index (χ4n) is 7.70. The number of carbonyl (C=O) groups excluding carboxylic acids is 3. The molecule has 1 saturated heterocycles. The number of rotatable bonds is 18. The van der Waals surface area contributed by atoms with E-state index in [1.807, 2.05) is 6.07 Å². The lowest BCUT2D eigenvalue weighted by Gasteiger charge is -2.47. The zero-order valence-electron chi connectivity index (χ0n) is 35.4. The topological polar surface area (TPSA) is 406 Å². The lowest BCUT2D eigenvalue weighted by atomic mass is 9.79. The van der Waals surface area contributed by atoms with E-state index >= 15 is 0 Å². The number of nitrogen functional groups attached to an aromatic ring is 1. The largest absolute Gasteiger partial charge is 0.490 e. The molecule has 5 heterocycles. The van der Waals surface area contributed by atoms with Gasteiger partial charge in [0.05, 0.1) is 19.5 Å². The Morgan fingerprint density at radius 1 is 1.05 bits per heavy atom. The van der Waals surface area contributed by atoms with Crippen LogP contribution in [0.1, 0.15) is 75.0 Å². The van der Waals surface area contributed by atoms with Crippen molar-refractivity contribution in [1.29, 1.82) is 0 Å². The van der Waals surface area contributed by atoms with Crippen molar-refractivity contribution in [2.24, 2.45) is 0 Å². The second kappa shape index (κ2) is 19.6. The van der Waals surface area contributed by atoms with Crippen molar-refractivity contribution >= 4 is 75.2 Å². The van der Waals surface area contributed by atoms with Crippen molar-refractivity contribution in [2.75, 3.05) is 43.5 Å². The number of nitrogens with one attached hydrogen (secondary N) is 3. The minimum absolute atomic E-state index is 0.0731. The minimum Gasteiger partial charge on any atom is -0.462 e. The van der Waals surface area contributed by atoms with Crippen molar-refractivity contribution in [3.8, 4) is 0 Å². The number of carbonyl (C=O) groups is 3. The number of aliphatic hydroxyl groups excluding tert-OH is 1. The van der Waals surface area contributed by atoms with E-state index in [0.717, 1.165) is 28.6 Å². The Bertz CT molecular complexity index is 2770. The number of benzene rings is 1. The first-order valence-electron chi connectivity index (χ1n) is 19.9. The quantitative estimate of drug-likeness (QED) is 0.0294. The predicted molar refractivity (Wildman–Crippen MR) is 226 cm³/mol. The van der Waals surface area contributed by atoms with Gasteiger partial charge in [0.1, 0.15) is 23.4 Å². The number of H-pyrrole nitrogens is 1. The number of phosphoric acid groups is 3. The molecule has 28 nitrogen and oxygen atoms in total. The van der Waals surface area contributed by atoms with E-state index in [2.05, 4.69) is 64.4 Å². The third-order valence-corrected chi connectivity index (χ3v) is 14.1. The van der Waals surface area contributed by atoms with Gasteiger partial charge in [0.2, 0.25) is 11.9 Å². The summed E-state index contributed by atoms with van der Waals surface area (Å²) >= 11 is 0. The summed E-state index contributed by atoms with van der Waals surface area (Å²) in [7, 11) is -17.3. The van der Waals surface area contributed by atoms with E-state index in [9.17, 15) is 52.6 Å². The average Bonchev–Trinajstić information content (AvgIpc) is 3.74. The molecular formula is C35H47N8O20P3. The molecule has 6 rings (SSSR count). The second-order valence-corrected chi connectivity index (χ2v) is 20.1. The molecule has 0 saturated carbocycles. The van der Waals surface area contributed by atoms with Crippen LogP contribution in [0.2, 0.25) is 0 Å². The molecule has 2 aliphatic rings. The molecule has 1 fully saturated rings. The Labute approximate surface area is 372 Å². The number of anilines is 2. The number of ether oxygens (including phenoxy) is 3. The van der Waals surface area contributed by atoms with Crippen LogP contribution in [0.25, 0.3) is 22.1 Å². The number of phosphoric ester groups is 1. The molecule has 66 heavy (non-hydrogen) atoms. The van der Waals surface area contributed by atoms with Crippen LogP contribution < -0.4 is 32.5 Å². The smallest absolute Gasteiger partial charge is 0.462 e. The van der Waals surface area contributed by atoms with E-state index in [-0.39, 0.29) is 71.7 Å². The fourth-order valence-corrected chi connectivity index (χ4v) is 10.7. The molecule has 10 N–H and O–H groups in total. The monoisotopic (exact) mass is 992 g/mol. The summed E-state index contributed by atoms with van der Waals surface area (Å²) in [5.41, 5.74) is 5.15. The number of alkyl carbamates (subject to hydrolysis) is 1. The number of aromatic amines is 1. The van der Waals surface area contributed by atoms with Gasteiger partial charge >= 0.3 is 41.2 Å². The average molecular weight is 993 g/mol. The molecule has 0 radical (unpaired) electrons. The summed E-state index contributed by atoms with van der Waals surface area (Å²) < 4.78 is 69.8. The Kier molecular flexibility index (Phi) is 15.0. The van der Waals surface area contributed by atoms with Gasteiger partial charge in [-0.25, -0.2) is 33.1 Å². The number of aliphatic hydroxyl groups is 1. The minimum atomic E-state index is -5.89. The molecule has 2 amide bonds. The lowest BCUT2D eigenvalue weighted by Crippen LogP contribution is -2.49. The number of amides is 2. The number of hydrogen-bond donors (Lipinski definition) is 9. The maximum atomic E-state index is 13.0. The maximum Gasteiger partial charge on any atom is 0.490 e. The Balaban J connectivity index is 1.05. The van der Waals surface area contributed by atoms with Crippen molar-refractivity contribution in [3.63, 3.8) is 0 Å². The number of imidazole rings is 1. The molecule has 4 aromatic rings. The van der Waals surface area contributed by atoms with Gasteiger partial charge in [-0.1, -0.05) is 6.92 Å². The standard InChI is InChI=1S/C35H47N8O20P3/c1-5-57-31(47)20-12-18-11-19-17(2)14-35(3,4)43(21(19)13-22(18)60-32(20)48)10-6-7-24(44)37-8-9-38-34(49)61-27-26(45)23(15-58-65(53,54)63-66(55,56)62-64(50,51)52)59-30(27)42-16-39-25-28(42)40-33(36)41-29(25)46/h11-13,16-17,23,26-27,30,45H,5-10,14-15H2,1-4H3,(H,37,44)(H,38,49)(H,53,54)(H,55,56)(H2,50,51,52)(H3,36,40,41,46)/t17?,23-,26-,27-,30-/m1/s1. The van der Waals surface area contributed by atoms with Crippen LogP contribution >= 0.6 is 23.5 Å². The fraction of sp³-hybridized carbons (Fsp3) is 0.514. The number of fused-ring (bicyclic) bond motifs is 3. The summed E-state index contributed by atoms with van der Waals surface area (Å²) in [5.74, 6) is -1.37. The van der Waals surface area contributed by atoms with Crippen molar-refractivity contribution < 1.29 is 84.5 Å². The molecule has 0 aliphatic carbocycles. The molecule has 362 valence electrons. The van der Waals surface area contributed by atoms with Crippen LogP contribution in [0.5, 0.6) is 0 Å². The Morgan fingerprint density at radius 2 is 1.76 bits per heavy atom. The van der Waals surface area contributed by atoms with Gasteiger partial charge in [0.15, 0.2) is 23.5 Å². The number of nitrogens with two attached hydrogens (primary N) is 1. The molecular weight excluding hydrogens is 945 g/mol. The molecule has 0 bridgehead atoms. The highest BCUT2D eigenvalue weighted by Gasteiger charge is 2.50. The first-order valence-corrected chi connectivity index (χ1v) is 24.4. The van der Waals surface area contributed by atoms with Gasteiger partial charge in [-0.15, -0.1) is 0 Å². The van der Waals surface area contributed by atoms with Crippen LogP contribution in [-0.2, 0) is 45.8 Å². The van der Waals surface area contributed by atoms with Gasteiger partial charge in [0, 0.05) is 48.7 Å². The van der Waals surface area contributed by atoms with Crippen LogP contribution in [-0.4, -0.2) is 119 Å². The van der Waals surface area contributed by atoms with Gasteiger partial charge in [-0.3, -0.25) is 23.7 Å². The van der Waals surface area contributed by atoms with Gasteiger partial charge in [0.25, 0.3) is 5.56 Å². The molecule has 1 aromatic carbocycles. The number of aromatic nitrogens is 4. The first-order chi connectivity index (χ1) is 30.8. The van der Waals surface area contributed by atoms with E-state index in [1.165, 1.54) is 6.07 Å². The third-order valence-electron chi connectivity index (χ3n) is 10.3. The summed E-state index contributed by atoms with van der Waals surface area (Å²) in [6.45, 7) is 6.98. The number of hydrogen-bond acceptors (Lipinski definition) is 20. The van der Waals surface area contributed by atoms with Crippen LogP contribution in [0.3, 0.4) is 0 Å². The predicted octanol–water partition coefficient (Wildman–Crippen LogP) is 1.37. The molecule has 7 atom stereocenters. The van der Waals surface area contributed by atoms with Crippen LogP contribution in [0.15, 0.2) is 38.5 Å². The summed E-state index contributed by atoms with van der Waals surface area (Å²) in [4.78, 5) is 113. The highest BCUT2D eigenvalue weighted by atomic mass is 31.3. The Hall–Kier alpha value is -5.08. The zero-order chi connectivity index (χ0) is 48.5. The Morgan fingerprint density at radius 3 is 2.45 bits per heavy atom. The lowest BCUT2D eigenvalue weighted by molar-refractivity contribution is -0.121. The summed E-state index contributed by atoms with van der Waals surface area (Å²) in [6, 6.07) is 5.12. The SMILES string of the molecule is CCOC(=O)c1cc2cc3c(cc2oc1=O)N(CCCC(=O)NCCNC(=O)O[C@@H]1[C@H](O)[C@@H](COP(=O)(O)OP(=O)(O)OP(=O)(O)O)O[C@H]1n1cnc2c(=O)[nH]c(N)nc21)C(C)(C)CC3C. The maximum absolute atomic E-state index is 13.0. The normalized spacial score (nSPS) is 22.3. The van der Waals surface area contributed by atoms with Crippen molar-refractivity contribution in [3.05, 3.63) is 56.4 Å². The third kappa shape index (κ3) is 11.9. The van der Waals surface area contributed by atoms with E-state index in [1.54, 1.807) is 13.0 Å². The van der Waals surface area contributed by atoms with Crippen LogP contribution in [0.4, 0.5) is 16.4 Å². The van der Waals surface area contributed by atoms with Crippen LogP contribution in [0, 0.1) is 0 Å². The van der Waals surface area contributed by atoms with Gasteiger partial charge in [-0.2, -0.15) is 13.6 Å². The molecule has 2 aliphatic heterocycles. The zero-order valence-corrected chi connectivity index (χ0v) is 38.1. The van der Waals surface area contributed by atoms with Crippen molar-refractivity contribution in [1.82, 2.24) is 30.2 Å². The highest BCUT2D eigenvalue weighted by Crippen LogP contribution is 2.66. The van der Waals surface area contributed by atoms with Gasteiger partial charge < -0.3 is 64.6 Å². The molecule has 0 spiro atoms. The summed E-state index contributed by atoms with van der Waals surface area (Å²) in [5, 5.41) is 16.8. The summed E-state index contributed by atoms with van der Waals surface area (Å²) in [6.07, 6.45) is -5.85. The van der Waals surface area contributed by atoms with E-state index < -0.39 is 77.9 Å². The molecule has 3 unspecified atom stereocenters. The second-order valence-electron chi connectivity index (χ2n) is 15.7. The van der Waals surface area contributed by atoms with E-state index in [0.29, 0.717) is 18.4 Å². The van der Waals surface area contributed by atoms with Gasteiger partial charge in [-0.05, 0) is 57.2 Å². The number of esters is 1. The van der Waals surface area contributed by atoms with E-state index in [4.69, 9.17) is 34.1 Å². The highest BCUT2D eigenvalue weighted by molar-refractivity contribution is 7.66. The molecule has 31 heteroatoms. The molecule has 3 aromatic heterocycles. The first kappa shape index (κ1) is 50.3. The van der Waals surface area contributed by atoms with Crippen molar-refractivity contribution in [2.45, 2.75) is 83.0 Å².